The third kappa shape index (κ3) is 5.29. The second-order valence-electron chi connectivity index (χ2n) is 9.90. The smallest absolute Gasteiger partial charge is 0.136 e. The first-order valence-corrected chi connectivity index (χ1v) is 13.2. The van der Waals surface area contributed by atoms with Gasteiger partial charge in [0.05, 0.1) is 21.7 Å². The summed E-state index contributed by atoms with van der Waals surface area (Å²) in [7, 11) is 6.23. The van der Waals surface area contributed by atoms with Crippen LogP contribution >= 0.6 is 11.6 Å². The molecular weight excluding hydrogens is 491 g/mol. The number of rotatable bonds is 8. The van der Waals surface area contributed by atoms with Crippen LogP contribution in [0.2, 0.25) is 5.02 Å². The lowest BCUT2D eigenvalue weighted by Gasteiger charge is -2.34. The van der Waals surface area contributed by atoms with Crippen molar-refractivity contribution in [2.45, 2.75) is 20.1 Å². The van der Waals surface area contributed by atoms with E-state index in [0.717, 1.165) is 60.8 Å². The Bertz CT molecular complexity index is 1400. The first kappa shape index (κ1) is 25.9. The molecule has 0 unspecified atom stereocenters. The Morgan fingerprint density at radius 2 is 1.78 bits per heavy atom. The molecule has 0 bridgehead atoms. The average Bonchev–Trinajstić information content (AvgIpc) is 3.24. The number of anilines is 1. The minimum absolute atomic E-state index is 0.332. The van der Waals surface area contributed by atoms with Crippen molar-refractivity contribution in [1.29, 1.82) is 0 Å². The number of hydrogen-bond donors (Lipinski definition) is 0. The van der Waals surface area contributed by atoms with Gasteiger partial charge >= 0.3 is 0 Å². The van der Waals surface area contributed by atoms with E-state index in [1.165, 1.54) is 17.8 Å². The van der Waals surface area contributed by atoms with Gasteiger partial charge in [0.25, 0.3) is 0 Å². The standard InChI is InChI=1S/C28H34ClFN6O/c1-5-37-18-24-32-27-26(19-6-8-21(9-7-19)35-13-11-34(4)12-14-35)31-23-17-20(30)16-22(29)25(23)28(27)36(24)15-10-33(2)3/h6-9,16-17H,5,10-15,18H2,1-4H3. The quantitative estimate of drug-likeness (QED) is 0.327. The van der Waals surface area contributed by atoms with Crippen molar-refractivity contribution < 1.29 is 9.13 Å². The molecule has 2 aromatic heterocycles. The van der Waals surface area contributed by atoms with Crippen LogP contribution in [0.15, 0.2) is 36.4 Å². The van der Waals surface area contributed by atoms with Crippen LogP contribution in [-0.4, -0.2) is 84.8 Å². The third-order valence-corrected chi connectivity index (χ3v) is 7.29. The van der Waals surface area contributed by atoms with Gasteiger partial charge in [-0.05, 0) is 46.3 Å². The summed E-state index contributed by atoms with van der Waals surface area (Å²) in [6, 6.07) is 11.3. The molecule has 0 saturated carbocycles. The SMILES string of the molecule is CCOCc1nc2c(-c3ccc(N4CCN(C)CC4)cc3)nc3cc(F)cc(Cl)c3c2n1CCN(C)C. The van der Waals surface area contributed by atoms with Gasteiger partial charge in [0.2, 0.25) is 0 Å². The van der Waals surface area contributed by atoms with E-state index in [4.69, 9.17) is 26.3 Å². The molecule has 0 amide bonds. The number of piperazine rings is 1. The molecule has 5 rings (SSSR count). The topological polar surface area (TPSA) is 49.7 Å². The number of fused-ring (bicyclic) bond motifs is 3. The van der Waals surface area contributed by atoms with Gasteiger partial charge in [-0.25, -0.2) is 14.4 Å². The molecule has 7 nitrogen and oxygen atoms in total. The van der Waals surface area contributed by atoms with Crippen LogP contribution in [0, 0.1) is 5.82 Å². The van der Waals surface area contributed by atoms with E-state index < -0.39 is 5.82 Å². The minimum atomic E-state index is -0.408. The molecule has 2 aromatic carbocycles. The zero-order valence-electron chi connectivity index (χ0n) is 22.0. The van der Waals surface area contributed by atoms with Crippen molar-refractivity contribution >= 4 is 39.2 Å². The maximum absolute atomic E-state index is 14.5. The first-order valence-electron chi connectivity index (χ1n) is 12.8. The van der Waals surface area contributed by atoms with Gasteiger partial charge in [0.15, 0.2) is 0 Å². The Kier molecular flexibility index (Phi) is 7.62. The monoisotopic (exact) mass is 524 g/mol. The maximum atomic E-state index is 14.5. The summed E-state index contributed by atoms with van der Waals surface area (Å²) in [4.78, 5) is 16.8. The number of halogens is 2. The lowest BCUT2D eigenvalue weighted by Crippen LogP contribution is -2.44. The van der Waals surface area contributed by atoms with E-state index in [1.807, 2.05) is 21.0 Å². The van der Waals surface area contributed by atoms with Crippen molar-refractivity contribution in [1.82, 2.24) is 24.3 Å². The van der Waals surface area contributed by atoms with E-state index in [1.54, 1.807) is 0 Å². The number of hydrogen-bond acceptors (Lipinski definition) is 6. The number of benzene rings is 2. The van der Waals surface area contributed by atoms with Crippen molar-refractivity contribution in [2.75, 3.05) is 65.4 Å². The van der Waals surface area contributed by atoms with Gasteiger partial charge in [-0.2, -0.15) is 0 Å². The molecule has 0 spiro atoms. The highest BCUT2D eigenvalue weighted by Crippen LogP contribution is 2.37. The Balaban J connectivity index is 1.68. The van der Waals surface area contributed by atoms with Crippen molar-refractivity contribution in [2.24, 2.45) is 0 Å². The molecule has 1 aliphatic rings. The van der Waals surface area contributed by atoms with E-state index >= 15 is 0 Å². The first-order chi connectivity index (χ1) is 17.9. The zero-order valence-corrected chi connectivity index (χ0v) is 22.7. The second-order valence-corrected chi connectivity index (χ2v) is 10.3. The van der Waals surface area contributed by atoms with Crippen LogP contribution in [0.1, 0.15) is 12.7 Å². The highest BCUT2D eigenvalue weighted by molar-refractivity contribution is 6.37. The van der Waals surface area contributed by atoms with Gasteiger partial charge in [-0.15, -0.1) is 0 Å². The van der Waals surface area contributed by atoms with Crippen LogP contribution in [0.4, 0.5) is 10.1 Å². The Hall–Kier alpha value is -2.78. The normalized spacial score (nSPS) is 14.9. The van der Waals surface area contributed by atoms with Crippen LogP contribution in [0.5, 0.6) is 0 Å². The summed E-state index contributed by atoms with van der Waals surface area (Å²) in [5, 5.41) is 1.04. The van der Waals surface area contributed by atoms with Crippen LogP contribution in [0.3, 0.4) is 0 Å². The third-order valence-electron chi connectivity index (χ3n) is 6.99. The van der Waals surface area contributed by atoms with E-state index in [9.17, 15) is 4.39 Å². The minimum Gasteiger partial charge on any atom is -0.374 e. The van der Waals surface area contributed by atoms with Crippen molar-refractivity contribution in [3.8, 4) is 11.3 Å². The summed E-state index contributed by atoms with van der Waals surface area (Å²) in [5.74, 6) is 0.401. The fourth-order valence-corrected chi connectivity index (χ4v) is 5.20. The van der Waals surface area contributed by atoms with Gasteiger partial charge in [0, 0.05) is 68.6 Å². The fourth-order valence-electron chi connectivity index (χ4n) is 4.91. The summed E-state index contributed by atoms with van der Waals surface area (Å²) in [6.07, 6.45) is 0. The molecule has 0 atom stereocenters. The molecule has 0 N–H and O–H groups in total. The second kappa shape index (κ2) is 10.9. The number of imidazole rings is 1. The lowest BCUT2D eigenvalue weighted by molar-refractivity contribution is 0.125. The van der Waals surface area contributed by atoms with E-state index in [-0.39, 0.29) is 0 Å². The molecule has 1 aliphatic heterocycles. The van der Waals surface area contributed by atoms with Crippen LogP contribution < -0.4 is 4.90 Å². The predicted molar refractivity (Wildman–Crippen MR) is 149 cm³/mol. The van der Waals surface area contributed by atoms with Crippen LogP contribution in [0.25, 0.3) is 33.2 Å². The van der Waals surface area contributed by atoms with Gasteiger partial charge in [-0.1, -0.05) is 23.7 Å². The Morgan fingerprint density at radius 1 is 1.05 bits per heavy atom. The molecule has 1 saturated heterocycles. The number of nitrogens with zero attached hydrogens (tertiary/aromatic N) is 6. The van der Waals surface area contributed by atoms with E-state index in [2.05, 4.69) is 50.6 Å². The van der Waals surface area contributed by atoms with Gasteiger partial charge in [0.1, 0.15) is 23.8 Å². The molecule has 0 radical (unpaired) electrons. The van der Waals surface area contributed by atoms with E-state index in [0.29, 0.717) is 35.7 Å². The summed E-state index contributed by atoms with van der Waals surface area (Å²) >= 11 is 6.63. The fraction of sp³-hybridized carbons (Fsp3) is 0.429. The van der Waals surface area contributed by atoms with Gasteiger partial charge < -0.3 is 24.0 Å². The summed E-state index contributed by atoms with van der Waals surface area (Å²) in [5.41, 5.74) is 4.98. The molecule has 4 aromatic rings. The molecule has 196 valence electrons. The molecule has 0 aliphatic carbocycles. The number of pyridine rings is 1. The molecular formula is C28H34ClFN6O. The van der Waals surface area contributed by atoms with Crippen LogP contribution in [-0.2, 0) is 17.9 Å². The molecule has 37 heavy (non-hydrogen) atoms. The van der Waals surface area contributed by atoms with Gasteiger partial charge in [-0.3, -0.25) is 0 Å². The number of aromatic nitrogens is 3. The summed E-state index contributed by atoms with van der Waals surface area (Å²) < 4.78 is 22.4. The van der Waals surface area contributed by atoms with Crippen molar-refractivity contribution in [3.05, 3.63) is 53.1 Å². The zero-order chi connectivity index (χ0) is 26.1. The maximum Gasteiger partial charge on any atom is 0.136 e. The lowest BCUT2D eigenvalue weighted by atomic mass is 10.1. The summed E-state index contributed by atoms with van der Waals surface area (Å²) in [6.45, 7) is 8.54. The highest BCUT2D eigenvalue weighted by Gasteiger charge is 2.22. The Morgan fingerprint density at radius 3 is 2.46 bits per heavy atom. The number of ether oxygens (including phenoxy) is 1. The Labute approximate surface area is 222 Å². The highest BCUT2D eigenvalue weighted by atomic mass is 35.5. The molecule has 3 heterocycles. The largest absolute Gasteiger partial charge is 0.374 e. The molecule has 9 heteroatoms. The number of likely N-dealkylation sites (N-methyl/N-ethyl adjacent to an activating group) is 2. The average molecular weight is 525 g/mol. The van der Waals surface area contributed by atoms with Crippen molar-refractivity contribution in [3.63, 3.8) is 0 Å². The predicted octanol–water partition coefficient (Wildman–Crippen LogP) is 4.89. The molecule has 1 fully saturated rings.